The van der Waals surface area contributed by atoms with E-state index in [9.17, 15) is 14.4 Å². The van der Waals surface area contributed by atoms with Gasteiger partial charge >= 0.3 is 6.03 Å². The van der Waals surface area contributed by atoms with Crippen molar-refractivity contribution in [1.29, 1.82) is 0 Å². The highest BCUT2D eigenvalue weighted by Crippen LogP contribution is 2.36. The molecule has 35 heavy (non-hydrogen) atoms. The Morgan fingerprint density at radius 2 is 1.23 bits per heavy atom. The average molecular weight is 517 g/mol. The smallest absolute Gasteiger partial charge is 0.268 e. The van der Waals surface area contributed by atoms with Gasteiger partial charge < -0.3 is 0 Å². The standard InChI is InChI=1S/C27H17ClN2O3S2/c28-18-11-13-21(14-12-18)34-24-16-15-22(35-24)17-23-25(31)29(19-7-3-1-4-8-19)27(33)30(26(23)32)20-9-5-2-6-10-20/h1-17H. The van der Waals surface area contributed by atoms with Crippen LogP contribution in [-0.2, 0) is 9.59 Å². The Hall–Kier alpha value is -3.65. The molecule has 0 saturated carbocycles. The molecule has 1 aliphatic heterocycles. The lowest BCUT2D eigenvalue weighted by Crippen LogP contribution is -2.57. The number of carbonyl (C=O) groups is 3. The molecule has 1 saturated heterocycles. The van der Waals surface area contributed by atoms with E-state index in [2.05, 4.69) is 0 Å². The topological polar surface area (TPSA) is 57.7 Å². The van der Waals surface area contributed by atoms with Crippen LogP contribution in [0, 0.1) is 0 Å². The van der Waals surface area contributed by atoms with E-state index in [1.54, 1.807) is 78.5 Å². The van der Waals surface area contributed by atoms with Gasteiger partial charge in [0.05, 0.1) is 15.6 Å². The summed E-state index contributed by atoms with van der Waals surface area (Å²) in [6.07, 6.45) is 1.56. The van der Waals surface area contributed by atoms with Gasteiger partial charge in [-0.25, -0.2) is 14.6 Å². The first-order valence-electron chi connectivity index (χ1n) is 10.6. The number of hydrogen-bond donors (Lipinski definition) is 0. The molecule has 4 amide bonds. The molecule has 8 heteroatoms. The molecule has 1 aliphatic rings. The molecule has 0 bridgehead atoms. The van der Waals surface area contributed by atoms with Gasteiger partial charge in [0.1, 0.15) is 5.57 Å². The molecule has 2 heterocycles. The van der Waals surface area contributed by atoms with Gasteiger partial charge in [0.25, 0.3) is 11.8 Å². The normalized spacial score (nSPS) is 14.0. The van der Waals surface area contributed by atoms with Gasteiger partial charge in [0.15, 0.2) is 0 Å². The highest BCUT2D eigenvalue weighted by molar-refractivity contribution is 8.01. The highest BCUT2D eigenvalue weighted by Gasteiger charge is 2.43. The van der Waals surface area contributed by atoms with Crippen LogP contribution in [0.1, 0.15) is 4.88 Å². The first-order chi connectivity index (χ1) is 17.0. The fourth-order valence-corrected chi connectivity index (χ4v) is 5.76. The molecule has 1 aromatic heterocycles. The minimum absolute atomic E-state index is 0.0813. The molecule has 0 spiro atoms. The van der Waals surface area contributed by atoms with E-state index < -0.39 is 17.8 Å². The van der Waals surface area contributed by atoms with E-state index in [4.69, 9.17) is 11.6 Å². The second kappa shape index (κ2) is 9.92. The number of nitrogens with zero attached hydrogens (tertiary/aromatic N) is 2. The fourth-order valence-electron chi connectivity index (χ4n) is 3.57. The number of anilines is 2. The third kappa shape index (κ3) is 4.79. The van der Waals surface area contributed by atoms with Gasteiger partial charge in [-0.2, -0.15) is 0 Å². The molecule has 4 aromatic rings. The number of hydrogen-bond acceptors (Lipinski definition) is 5. The molecule has 172 valence electrons. The summed E-state index contributed by atoms with van der Waals surface area (Å²) < 4.78 is 0.991. The first kappa shape index (κ1) is 23.1. The number of para-hydroxylation sites is 2. The number of imide groups is 2. The number of carbonyl (C=O) groups excluding carboxylic acids is 3. The third-order valence-electron chi connectivity index (χ3n) is 5.20. The lowest BCUT2D eigenvalue weighted by molar-refractivity contribution is -0.121. The SMILES string of the molecule is O=C1C(=Cc2ccc(Sc3ccc(Cl)cc3)s2)C(=O)N(c2ccccc2)C(=O)N1c1ccccc1. The van der Waals surface area contributed by atoms with E-state index in [-0.39, 0.29) is 5.57 Å². The lowest BCUT2D eigenvalue weighted by Gasteiger charge is -2.33. The van der Waals surface area contributed by atoms with E-state index in [1.165, 1.54) is 11.3 Å². The van der Waals surface area contributed by atoms with Crippen molar-refractivity contribution < 1.29 is 14.4 Å². The molecule has 0 unspecified atom stereocenters. The number of benzene rings is 3. The summed E-state index contributed by atoms with van der Waals surface area (Å²) in [7, 11) is 0. The number of rotatable bonds is 5. The molecule has 3 aromatic carbocycles. The summed E-state index contributed by atoms with van der Waals surface area (Å²) in [5, 5.41) is 0.667. The van der Waals surface area contributed by atoms with E-state index in [0.717, 1.165) is 23.8 Å². The van der Waals surface area contributed by atoms with Crippen molar-refractivity contribution in [2.75, 3.05) is 9.80 Å². The summed E-state index contributed by atoms with van der Waals surface area (Å²) in [5.41, 5.74) is 0.709. The van der Waals surface area contributed by atoms with Crippen LogP contribution in [0.5, 0.6) is 0 Å². The molecule has 0 aliphatic carbocycles. The third-order valence-corrected chi connectivity index (χ3v) is 7.62. The van der Waals surface area contributed by atoms with E-state index in [0.29, 0.717) is 16.4 Å². The zero-order valence-corrected chi connectivity index (χ0v) is 20.5. The van der Waals surface area contributed by atoms with Crippen LogP contribution >= 0.6 is 34.7 Å². The highest BCUT2D eigenvalue weighted by atomic mass is 35.5. The van der Waals surface area contributed by atoms with Crippen molar-refractivity contribution in [2.45, 2.75) is 9.10 Å². The lowest BCUT2D eigenvalue weighted by atomic mass is 10.1. The van der Waals surface area contributed by atoms with Gasteiger partial charge in [0, 0.05) is 14.8 Å². The number of thiophene rings is 1. The quantitative estimate of drug-likeness (QED) is 0.209. The summed E-state index contributed by atoms with van der Waals surface area (Å²) in [6.45, 7) is 0. The zero-order chi connectivity index (χ0) is 24.4. The van der Waals surface area contributed by atoms with E-state index >= 15 is 0 Å². The van der Waals surface area contributed by atoms with Crippen molar-refractivity contribution in [2.24, 2.45) is 0 Å². The minimum atomic E-state index is -0.709. The molecule has 0 atom stereocenters. The van der Waals surface area contributed by atoms with Crippen LogP contribution in [0.2, 0.25) is 5.02 Å². The zero-order valence-electron chi connectivity index (χ0n) is 18.1. The first-order valence-corrected chi connectivity index (χ1v) is 12.6. The van der Waals surface area contributed by atoms with Gasteiger partial charge in [-0.1, -0.05) is 59.8 Å². The van der Waals surface area contributed by atoms with Gasteiger partial charge in [-0.3, -0.25) is 9.59 Å². The second-order valence-electron chi connectivity index (χ2n) is 7.51. The molecule has 5 nitrogen and oxygen atoms in total. The van der Waals surface area contributed by atoms with Gasteiger partial charge in [0.2, 0.25) is 0 Å². The summed E-state index contributed by atoms with van der Waals surface area (Å²) in [6, 6.07) is 27.8. The predicted molar refractivity (Wildman–Crippen MR) is 141 cm³/mol. The number of halogens is 1. The number of urea groups is 1. The molecule has 0 radical (unpaired) electrons. The second-order valence-corrected chi connectivity index (χ2v) is 10.4. The molecule has 5 rings (SSSR count). The Morgan fingerprint density at radius 3 is 1.77 bits per heavy atom. The maximum absolute atomic E-state index is 13.4. The molecular weight excluding hydrogens is 500 g/mol. The number of barbiturate groups is 1. The summed E-state index contributed by atoms with van der Waals surface area (Å²) in [4.78, 5) is 44.0. The Morgan fingerprint density at radius 1 is 0.686 bits per heavy atom. The Bertz CT molecular complexity index is 1370. The van der Waals surface area contributed by atoms with Crippen LogP contribution in [0.3, 0.4) is 0 Å². The van der Waals surface area contributed by atoms with Crippen molar-refractivity contribution in [1.82, 2.24) is 0 Å². The minimum Gasteiger partial charge on any atom is -0.268 e. The Labute approximate surface area is 215 Å². The van der Waals surface area contributed by atoms with Crippen LogP contribution in [-0.4, -0.2) is 17.8 Å². The monoisotopic (exact) mass is 516 g/mol. The van der Waals surface area contributed by atoms with E-state index in [1.807, 2.05) is 36.4 Å². The van der Waals surface area contributed by atoms with Crippen molar-refractivity contribution in [3.8, 4) is 0 Å². The van der Waals surface area contributed by atoms with Crippen LogP contribution in [0.4, 0.5) is 16.2 Å². The molecular formula is C27H17ClN2O3S2. The summed E-state index contributed by atoms with van der Waals surface area (Å²) >= 11 is 8.98. The van der Waals surface area contributed by atoms with Crippen LogP contribution in [0.25, 0.3) is 6.08 Å². The summed E-state index contributed by atoms with van der Waals surface area (Å²) in [5.74, 6) is -1.31. The maximum Gasteiger partial charge on any atom is 0.343 e. The largest absolute Gasteiger partial charge is 0.343 e. The Kier molecular flexibility index (Phi) is 6.55. The van der Waals surface area contributed by atoms with Crippen molar-refractivity contribution >= 4 is 70.0 Å². The molecule has 1 fully saturated rings. The Balaban J connectivity index is 1.52. The average Bonchev–Trinajstić information content (AvgIpc) is 3.31. The number of amides is 4. The van der Waals surface area contributed by atoms with Crippen molar-refractivity contribution in [3.05, 3.63) is 113 Å². The maximum atomic E-state index is 13.4. The van der Waals surface area contributed by atoms with Crippen LogP contribution < -0.4 is 9.80 Å². The fraction of sp³-hybridized carbons (Fsp3) is 0. The predicted octanol–water partition coefficient (Wildman–Crippen LogP) is 7.14. The van der Waals surface area contributed by atoms with Gasteiger partial charge in [-0.05, 0) is 66.7 Å². The van der Waals surface area contributed by atoms with Crippen LogP contribution in [0.15, 0.2) is 112 Å². The van der Waals surface area contributed by atoms with Crippen molar-refractivity contribution in [3.63, 3.8) is 0 Å². The molecule has 0 N–H and O–H groups in total. The van der Waals surface area contributed by atoms with Gasteiger partial charge in [-0.15, -0.1) is 11.3 Å².